The first-order valence-corrected chi connectivity index (χ1v) is 7.79. The van der Waals surface area contributed by atoms with E-state index in [0.717, 1.165) is 10.0 Å². The Kier molecular flexibility index (Phi) is 4.42. The molecule has 0 aliphatic heterocycles. The second-order valence-corrected chi connectivity index (χ2v) is 6.27. The maximum absolute atomic E-state index is 13.2. The molecule has 110 valence electrons. The first-order chi connectivity index (χ1) is 10.1. The van der Waals surface area contributed by atoms with E-state index in [4.69, 9.17) is 16.3 Å². The highest BCUT2D eigenvalue weighted by Gasteiger charge is 2.21. The molecule has 1 aliphatic rings. The maximum Gasteiger partial charge on any atom is 0.223 e. The number of halogens is 3. The highest BCUT2D eigenvalue weighted by molar-refractivity contribution is 9.10. The molecule has 1 N–H and O–H groups in total. The van der Waals surface area contributed by atoms with Crippen LogP contribution in [0.3, 0.4) is 0 Å². The first kappa shape index (κ1) is 14.8. The average Bonchev–Trinajstić information content (AvgIpc) is 3.27. The second-order valence-electron chi connectivity index (χ2n) is 4.95. The zero-order chi connectivity index (χ0) is 14.8. The lowest BCUT2D eigenvalue weighted by molar-refractivity contribution is 0.451. The maximum atomic E-state index is 13.2. The van der Waals surface area contributed by atoms with Gasteiger partial charge in [-0.05, 0) is 47.0 Å². The number of nitrogens with zero attached hydrogens (tertiary/aromatic N) is 1. The number of hydrogen-bond acceptors (Lipinski definition) is 3. The van der Waals surface area contributed by atoms with Crippen LogP contribution in [0.15, 0.2) is 34.9 Å². The van der Waals surface area contributed by atoms with Crippen LogP contribution in [0.1, 0.15) is 18.4 Å². The van der Waals surface area contributed by atoms with Gasteiger partial charge in [0, 0.05) is 34.9 Å². The molecular weight excluding hydrogens is 359 g/mol. The van der Waals surface area contributed by atoms with Crippen molar-refractivity contribution in [2.45, 2.75) is 25.4 Å². The Morgan fingerprint density at radius 2 is 2.19 bits per heavy atom. The molecule has 1 aromatic heterocycles. The van der Waals surface area contributed by atoms with Gasteiger partial charge in [-0.2, -0.15) is 0 Å². The number of ether oxygens (including phenoxy) is 1. The molecular formula is C15H13BrClFN2O. The zero-order valence-electron chi connectivity index (χ0n) is 11.1. The van der Waals surface area contributed by atoms with Crippen molar-refractivity contribution in [3.63, 3.8) is 0 Å². The quantitative estimate of drug-likeness (QED) is 0.828. The van der Waals surface area contributed by atoms with Crippen molar-refractivity contribution in [2.24, 2.45) is 0 Å². The van der Waals surface area contributed by atoms with Gasteiger partial charge in [-0.1, -0.05) is 11.6 Å². The highest BCUT2D eigenvalue weighted by atomic mass is 79.9. The fourth-order valence-electron chi connectivity index (χ4n) is 1.88. The van der Waals surface area contributed by atoms with Crippen LogP contribution < -0.4 is 10.1 Å². The van der Waals surface area contributed by atoms with Gasteiger partial charge in [0.05, 0.1) is 5.02 Å². The fourth-order valence-corrected chi connectivity index (χ4v) is 2.43. The van der Waals surface area contributed by atoms with Crippen LogP contribution >= 0.6 is 27.5 Å². The summed E-state index contributed by atoms with van der Waals surface area (Å²) in [5, 5.41) is 3.45. The van der Waals surface area contributed by atoms with Crippen LogP contribution in [0.2, 0.25) is 5.02 Å². The van der Waals surface area contributed by atoms with Crippen molar-refractivity contribution >= 4 is 27.5 Å². The minimum absolute atomic E-state index is 0.0299. The topological polar surface area (TPSA) is 34.1 Å². The zero-order valence-corrected chi connectivity index (χ0v) is 13.4. The highest BCUT2D eigenvalue weighted by Crippen LogP contribution is 2.29. The Morgan fingerprint density at radius 3 is 2.90 bits per heavy atom. The number of aromatic nitrogens is 1. The summed E-state index contributed by atoms with van der Waals surface area (Å²) in [6, 6.07) is 6.81. The van der Waals surface area contributed by atoms with Gasteiger partial charge in [0.15, 0.2) is 0 Å². The number of pyridine rings is 1. The van der Waals surface area contributed by atoms with Gasteiger partial charge >= 0.3 is 0 Å². The van der Waals surface area contributed by atoms with Gasteiger partial charge in [-0.25, -0.2) is 9.37 Å². The second kappa shape index (κ2) is 6.30. The van der Waals surface area contributed by atoms with Crippen molar-refractivity contribution in [1.82, 2.24) is 10.3 Å². The van der Waals surface area contributed by atoms with Gasteiger partial charge in [0.25, 0.3) is 0 Å². The summed E-state index contributed by atoms with van der Waals surface area (Å²) in [5.74, 6) is 0.487. The van der Waals surface area contributed by atoms with Gasteiger partial charge in [-0.3, -0.25) is 0 Å². The van der Waals surface area contributed by atoms with E-state index < -0.39 is 5.82 Å². The van der Waals surface area contributed by atoms with Crippen LogP contribution in [0, 0.1) is 5.82 Å². The van der Waals surface area contributed by atoms with Crippen LogP contribution in [0.25, 0.3) is 0 Å². The lowest BCUT2D eigenvalue weighted by Gasteiger charge is -2.11. The van der Waals surface area contributed by atoms with E-state index in [9.17, 15) is 4.39 Å². The lowest BCUT2D eigenvalue weighted by Crippen LogP contribution is -2.16. The van der Waals surface area contributed by atoms with Gasteiger partial charge < -0.3 is 10.1 Å². The smallest absolute Gasteiger partial charge is 0.223 e. The summed E-state index contributed by atoms with van der Waals surface area (Å²) in [7, 11) is 0. The molecule has 3 nitrogen and oxygen atoms in total. The van der Waals surface area contributed by atoms with E-state index in [0.29, 0.717) is 24.2 Å². The van der Waals surface area contributed by atoms with Crippen LogP contribution in [0.4, 0.5) is 4.39 Å². The predicted octanol–water partition coefficient (Wildman–Crippen LogP) is 4.68. The molecule has 1 heterocycles. The molecule has 0 amide bonds. The normalized spacial score (nSPS) is 14.2. The summed E-state index contributed by atoms with van der Waals surface area (Å²) in [5.41, 5.74) is 0.941. The standard InChI is InChI=1S/C15H13BrClFN2O/c16-10-5-9(7-19-11-1-2-11)15(20-8-10)21-12-3-4-14(18)13(17)6-12/h3-6,8,11,19H,1-2,7H2. The molecule has 3 rings (SSSR count). The summed E-state index contributed by atoms with van der Waals surface area (Å²) in [4.78, 5) is 4.28. The first-order valence-electron chi connectivity index (χ1n) is 6.62. The van der Waals surface area contributed by atoms with E-state index in [1.165, 1.54) is 31.0 Å². The minimum Gasteiger partial charge on any atom is -0.439 e. The van der Waals surface area contributed by atoms with Gasteiger partial charge in [0.2, 0.25) is 5.88 Å². The molecule has 1 aliphatic carbocycles. The Morgan fingerprint density at radius 1 is 1.38 bits per heavy atom. The summed E-state index contributed by atoms with van der Waals surface area (Å²) in [6.07, 6.45) is 4.09. The average molecular weight is 372 g/mol. The van der Waals surface area contributed by atoms with Crippen molar-refractivity contribution < 1.29 is 9.13 Å². The summed E-state index contributed by atoms with van der Waals surface area (Å²) < 4.78 is 19.8. The Labute approximate surface area is 135 Å². The third kappa shape index (κ3) is 3.93. The Balaban J connectivity index is 1.80. The molecule has 0 atom stereocenters. The predicted molar refractivity (Wildman–Crippen MR) is 83.3 cm³/mol. The molecule has 1 fully saturated rings. The monoisotopic (exact) mass is 370 g/mol. The van der Waals surface area contributed by atoms with E-state index >= 15 is 0 Å². The molecule has 0 spiro atoms. The molecule has 1 saturated carbocycles. The Hall–Kier alpha value is -1.17. The SMILES string of the molecule is Fc1ccc(Oc2ncc(Br)cc2CNC2CC2)cc1Cl. The molecule has 2 aromatic rings. The molecule has 0 bridgehead atoms. The minimum atomic E-state index is -0.469. The van der Waals surface area contributed by atoms with Gasteiger partial charge in [-0.15, -0.1) is 0 Å². The number of benzene rings is 1. The van der Waals surface area contributed by atoms with E-state index in [1.54, 1.807) is 6.20 Å². The third-order valence-electron chi connectivity index (χ3n) is 3.16. The van der Waals surface area contributed by atoms with Gasteiger partial charge in [0.1, 0.15) is 11.6 Å². The van der Waals surface area contributed by atoms with Crippen LogP contribution in [-0.4, -0.2) is 11.0 Å². The van der Waals surface area contributed by atoms with Crippen molar-refractivity contribution in [1.29, 1.82) is 0 Å². The third-order valence-corrected chi connectivity index (χ3v) is 3.88. The van der Waals surface area contributed by atoms with E-state index in [1.807, 2.05) is 6.07 Å². The fraction of sp³-hybridized carbons (Fsp3) is 0.267. The van der Waals surface area contributed by atoms with E-state index in [2.05, 4.69) is 26.2 Å². The van der Waals surface area contributed by atoms with Crippen molar-refractivity contribution in [2.75, 3.05) is 0 Å². The van der Waals surface area contributed by atoms with Crippen LogP contribution in [0.5, 0.6) is 11.6 Å². The Bertz CT molecular complexity index is 664. The molecule has 0 radical (unpaired) electrons. The van der Waals surface area contributed by atoms with Crippen LogP contribution in [-0.2, 0) is 6.54 Å². The van der Waals surface area contributed by atoms with Crippen molar-refractivity contribution in [3.8, 4) is 11.6 Å². The molecule has 6 heteroatoms. The molecule has 1 aromatic carbocycles. The van der Waals surface area contributed by atoms with Crippen molar-refractivity contribution in [3.05, 3.63) is 51.3 Å². The summed E-state index contributed by atoms with van der Waals surface area (Å²) in [6.45, 7) is 0.682. The van der Waals surface area contributed by atoms with E-state index in [-0.39, 0.29) is 5.02 Å². The largest absolute Gasteiger partial charge is 0.439 e. The molecule has 0 unspecified atom stereocenters. The number of nitrogens with one attached hydrogen (secondary N) is 1. The lowest BCUT2D eigenvalue weighted by atomic mass is 10.2. The molecule has 0 saturated heterocycles. The summed E-state index contributed by atoms with van der Waals surface area (Å²) >= 11 is 9.17. The molecule has 21 heavy (non-hydrogen) atoms. The number of hydrogen-bond donors (Lipinski definition) is 1. The number of rotatable bonds is 5.